The van der Waals surface area contributed by atoms with Gasteiger partial charge < -0.3 is 15.8 Å². The van der Waals surface area contributed by atoms with Gasteiger partial charge >= 0.3 is 0 Å². The fourth-order valence-electron chi connectivity index (χ4n) is 2.39. The number of nitrogens with zero attached hydrogens (tertiary/aromatic N) is 1. The zero-order valence-electron chi connectivity index (χ0n) is 12.7. The van der Waals surface area contributed by atoms with E-state index in [9.17, 15) is 8.42 Å². The zero-order chi connectivity index (χ0) is 15.6. The lowest BCUT2D eigenvalue weighted by Crippen LogP contribution is -2.32. The van der Waals surface area contributed by atoms with Crippen LogP contribution in [0.25, 0.3) is 0 Å². The number of sulfonamides is 1. The predicted octanol–water partition coefficient (Wildman–Crippen LogP) is 1.50. The first-order chi connectivity index (χ1) is 9.80. The minimum Gasteiger partial charge on any atom is -0.397 e. The molecule has 7 heteroatoms. The second-order valence-corrected chi connectivity index (χ2v) is 7.74. The Labute approximate surface area is 126 Å². The number of hydrogen-bond acceptors (Lipinski definition) is 5. The highest BCUT2D eigenvalue weighted by molar-refractivity contribution is 7.89. The Kier molecular flexibility index (Phi) is 4.75. The summed E-state index contributed by atoms with van der Waals surface area (Å²) in [6.07, 6.45) is 2.06. The van der Waals surface area contributed by atoms with Gasteiger partial charge in [0.25, 0.3) is 0 Å². The van der Waals surface area contributed by atoms with Gasteiger partial charge in [-0.1, -0.05) is 0 Å². The molecule has 0 bridgehead atoms. The quantitative estimate of drug-likeness (QED) is 0.823. The van der Waals surface area contributed by atoms with Gasteiger partial charge in [-0.3, -0.25) is 0 Å². The maximum atomic E-state index is 12.1. The lowest BCUT2D eigenvalue weighted by molar-refractivity contribution is 0.0232. The second kappa shape index (κ2) is 6.21. The highest BCUT2D eigenvalue weighted by Gasteiger charge is 2.21. The lowest BCUT2D eigenvalue weighted by atomic mass is 10.0. The minimum absolute atomic E-state index is 0.205. The van der Waals surface area contributed by atoms with Crippen molar-refractivity contribution in [2.24, 2.45) is 0 Å². The first kappa shape index (κ1) is 16.1. The van der Waals surface area contributed by atoms with Crippen molar-refractivity contribution in [3.8, 4) is 0 Å². The summed E-state index contributed by atoms with van der Waals surface area (Å²) in [7, 11) is -0.450. The number of rotatable bonds is 4. The van der Waals surface area contributed by atoms with Crippen molar-refractivity contribution in [1.82, 2.24) is 4.31 Å². The Hall–Kier alpha value is -1.31. The van der Waals surface area contributed by atoms with Crippen LogP contribution in [-0.2, 0) is 14.8 Å². The molecular formula is C14H23N3O3S. The molecule has 1 saturated heterocycles. The topological polar surface area (TPSA) is 84.7 Å². The molecule has 0 spiro atoms. The van der Waals surface area contributed by atoms with E-state index in [0.29, 0.717) is 11.7 Å². The number of anilines is 2. The van der Waals surface area contributed by atoms with Crippen LogP contribution in [0.2, 0.25) is 0 Å². The van der Waals surface area contributed by atoms with Gasteiger partial charge in [0.1, 0.15) is 0 Å². The minimum atomic E-state index is -3.45. The Morgan fingerprint density at radius 1 is 1.38 bits per heavy atom. The number of nitrogens with two attached hydrogens (primary N) is 1. The van der Waals surface area contributed by atoms with E-state index in [4.69, 9.17) is 10.5 Å². The molecule has 1 aromatic carbocycles. The Morgan fingerprint density at radius 2 is 2.10 bits per heavy atom. The summed E-state index contributed by atoms with van der Waals surface area (Å²) in [5.74, 6) is 0. The van der Waals surface area contributed by atoms with E-state index >= 15 is 0 Å². The largest absolute Gasteiger partial charge is 0.397 e. The number of hydrogen-bond donors (Lipinski definition) is 2. The Morgan fingerprint density at radius 3 is 2.67 bits per heavy atom. The van der Waals surface area contributed by atoms with Crippen molar-refractivity contribution >= 4 is 21.4 Å². The third-order valence-electron chi connectivity index (χ3n) is 3.65. The zero-order valence-corrected chi connectivity index (χ0v) is 13.5. The molecule has 21 heavy (non-hydrogen) atoms. The molecule has 1 heterocycles. The number of nitrogen functional groups attached to an aromatic ring is 1. The molecule has 3 N–H and O–H groups in total. The van der Waals surface area contributed by atoms with Gasteiger partial charge in [0.05, 0.1) is 22.4 Å². The number of nitrogens with one attached hydrogen (secondary N) is 1. The summed E-state index contributed by atoms with van der Waals surface area (Å²) in [4.78, 5) is 0.205. The van der Waals surface area contributed by atoms with Crippen LogP contribution in [0.1, 0.15) is 19.8 Å². The highest BCUT2D eigenvalue weighted by Crippen LogP contribution is 2.26. The molecule has 2 unspecified atom stereocenters. The van der Waals surface area contributed by atoms with Gasteiger partial charge in [-0.05, 0) is 38.0 Å². The van der Waals surface area contributed by atoms with Crippen LogP contribution in [0.4, 0.5) is 11.4 Å². The number of benzene rings is 1. The monoisotopic (exact) mass is 313 g/mol. The summed E-state index contributed by atoms with van der Waals surface area (Å²) in [5.41, 5.74) is 7.21. The average Bonchev–Trinajstić information content (AvgIpc) is 2.41. The third-order valence-corrected chi connectivity index (χ3v) is 5.46. The van der Waals surface area contributed by atoms with Crippen molar-refractivity contribution in [2.45, 2.75) is 36.8 Å². The van der Waals surface area contributed by atoms with Gasteiger partial charge in [0.15, 0.2) is 0 Å². The molecular weight excluding hydrogens is 290 g/mol. The highest BCUT2D eigenvalue weighted by atomic mass is 32.2. The van der Waals surface area contributed by atoms with Gasteiger partial charge in [-0.15, -0.1) is 0 Å². The standard InChI is InChI=1S/C14H23N3O3S/c1-10-8-11(6-7-20-10)16-14-5-4-12(9-13(14)15)21(18,19)17(2)3/h4-5,9-11,16H,6-8,15H2,1-3H3. The predicted molar refractivity (Wildman–Crippen MR) is 83.8 cm³/mol. The molecule has 1 aliphatic heterocycles. The van der Waals surface area contributed by atoms with Crippen LogP contribution in [0.5, 0.6) is 0 Å². The molecule has 0 saturated carbocycles. The lowest BCUT2D eigenvalue weighted by Gasteiger charge is -2.29. The molecule has 6 nitrogen and oxygen atoms in total. The fraction of sp³-hybridized carbons (Fsp3) is 0.571. The number of ether oxygens (including phenoxy) is 1. The van der Waals surface area contributed by atoms with Crippen LogP contribution in [0.15, 0.2) is 23.1 Å². The molecule has 1 fully saturated rings. The van der Waals surface area contributed by atoms with Crippen LogP contribution < -0.4 is 11.1 Å². The van der Waals surface area contributed by atoms with Crippen molar-refractivity contribution in [1.29, 1.82) is 0 Å². The Bertz CT molecular complexity index is 601. The summed E-state index contributed by atoms with van der Waals surface area (Å²) in [6, 6.07) is 5.11. The second-order valence-electron chi connectivity index (χ2n) is 5.58. The first-order valence-corrected chi connectivity index (χ1v) is 8.45. The Balaban J connectivity index is 2.16. The van der Waals surface area contributed by atoms with Gasteiger partial charge in [-0.25, -0.2) is 12.7 Å². The molecule has 0 radical (unpaired) electrons. The fourth-order valence-corrected chi connectivity index (χ4v) is 3.33. The maximum absolute atomic E-state index is 12.1. The van der Waals surface area contributed by atoms with E-state index in [2.05, 4.69) is 5.32 Å². The molecule has 1 aromatic rings. The van der Waals surface area contributed by atoms with E-state index in [0.717, 1.165) is 25.1 Å². The SMILES string of the molecule is CC1CC(Nc2ccc(S(=O)(=O)N(C)C)cc2N)CCO1. The van der Waals surface area contributed by atoms with E-state index in [1.54, 1.807) is 12.1 Å². The van der Waals surface area contributed by atoms with E-state index in [-0.39, 0.29) is 11.0 Å². The van der Waals surface area contributed by atoms with Crippen LogP contribution >= 0.6 is 0 Å². The average molecular weight is 313 g/mol. The molecule has 0 aromatic heterocycles. The van der Waals surface area contributed by atoms with E-state index in [1.165, 1.54) is 24.5 Å². The van der Waals surface area contributed by atoms with Gasteiger partial charge in [0.2, 0.25) is 10.0 Å². The third kappa shape index (κ3) is 3.66. The van der Waals surface area contributed by atoms with E-state index in [1.807, 2.05) is 6.92 Å². The van der Waals surface area contributed by atoms with Crippen molar-refractivity contribution in [2.75, 3.05) is 31.8 Å². The van der Waals surface area contributed by atoms with Crippen LogP contribution in [0, 0.1) is 0 Å². The van der Waals surface area contributed by atoms with Crippen molar-refractivity contribution < 1.29 is 13.2 Å². The normalized spacial score (nSPS) is 23.2. The summed E-state index contributed by atoms with van der Waals surface area (Å²) in [6.45, 7) is 2.77. The smallest absolute Gasteiger partial charge is 0.242 e. The van der Waals surface area contributed by atoms with Gasteiger partial charge in [0, 0.05) is 26.7 Å². The van der Waals surface area contributed by atoms with Crippen LogP contribution in [-0.4, -0.2) is 45.6 Å². The first-order valence-electron chi connectivity index (χ1n) is 7.01. The molecule has 0 amide bonds. The molecule has 118 valence electrons. The summed E-state index contributed by atoms with van der Waals surface area (Å²) in [5, 5.41) is 3.37. The van der Waals surface area contributed by atoms with Crippen LogP contribution in [0.3, 0.4) is 0 Å². The van der Waals surface area contributed by atoms with Crippen molar-refractivity contribution in [3.05, 3.63) is 18.2 Å². The van der Waals surface area contributed by atoms with Crippen molar-refractivity contribution in [3.63, 3.8) is 0 Å². The molecule has 2 rings (SSSR count). The van der Waals surface area contributed by atoms with E-state index < -0.39 is 10.0 Å². The molecule has 1 aliphatic rings. The summed E-state index contributed by atoms with van der Waals surface area (Å²) < 4.78 is 30.8. The molecule has 0 aliphatic carbocycles. The maximum Gasteiger partial charge on any atom is 0.242 e. The van der Waals surface area contributed by atoms with Gasteiger partial charge in [-0.2, -0.15) is 0 Å². The summed E-state index contributed by atoms with van der Waals surface area (Å²) >= 11 is 0. The molecule has 2 atom stereocenters.